The van der Waals surface area contributed by atoms with Crippen molar-refractivity contribution >= 4 is 0 Å². The molecule has 2 aromatic rings. The highest BCUT2D eigenvalue weighted by Gasteiger charge is 2.17. The van der Waals surface area contributed by atoms with Gasteiger partial charge in [-0.15, -0.1) is 0 Å². The summed E-state index contributed by atoms with van der Waals surface area (Å²) in [4.78, 5) is 8.81. The molecule has 2 aromatic heterocycles. The van der Waals surface area contributed by atoms with Gasteiger partial charge in [-0.3, -0.25) is 4.98 Å². The highest BCUT2D eigenvalue weighted by atomic mass is 16.5. The Balaban J connectivity index is 2.29. The molecule has 2 rings (SSSR count). The summed E-state index contributed by atoms with van der Waals surface area (Å²) in [5, 5.41) is 4.05. The summed E-state index contributed by atoms with van der Waals surface area (Å²) in [5.41, 5.74) is 8.59. The zero-order chi connectivity index (χ0) is 13.8. The predicted octanol–water partition coefficient (Wildman–Crippen LogP) is 2.59. The van der Waals surface area contributed by atoms with Crippen LogP contribution < -0.4 is 5.73 Å². The Hall–Kier alpha value is -1.75. The van der Waals surface area contributed by atoms with Crippen molar-refractivity contribution in [3.63, 3.8) is 0 Å². The number of rotatable bonds is 5. The molecule has 0 radical (unpaired) electrons. The molecule has 0 aliphatic heterocycles. The van der Waals surface area contributed by atoms with Crippen molar-refractivity contribution < 1.29 is 4.52 Å². The van der Waals surface area contributed by atoms with Crippen molar-refractivity contribution in [2.75, 3.05) is 6.54 Å². The summed E-state index contributed by atoms with van der Waals surface area (Å²) in [6, 6.07) is 3.91. The topological polar surface area (TPSA) is 77.8 Å². The minimum absolute atomic E-state index is 0.148. The lowest BCUT2D eigenvalue weighted by atomic mass is 10.0. The quantitative estimate of drug-likeness (QED) is 0.894. The maximum absolute atomic E-state index is 5.75. The normalized spacial score (nSPS) is 12.6. The second-order valence-corrected chi connectivity index (χ2v) is 4.82. The molecular formula is C14H20N4O. The highest BCUT2D eigenvalue weighted by molar-refractivity contribution is 5.55. The Morgan fingerprint density at radius 2 is 1.89 bits per heavy atom. The van der Waals surface area contributed by atoms with Crippen molar-refractivity contribution in [2.45, 2.75) is 39.5 Å². The first-order chi connectivity index (χ1) is 9.13. The maximum Gasteiger partial charge on any atom is 0.231 e. The van der Waals surface area contributed by atoms with Crippen LogP contribution in [0.25, 0.3) is 11.4 Å². The van der Waals surface area contributed by atoms with Crippen molar-refractivity contribution in [1.29, 1.82) is 0 Å². The first-order valence-corrected chi connectivity index (χ1v) is 6.63. The minimum Gasteiger partial charge on any atom is -0.339 e. The first-order valence-electron chi connectivity index (χ1n) is 6.63. The van der Waals surface area contributed by atoms with Gasteiger partial charge in [0.1, 0.15) is 0 Å². The summed E-state index contributed by atoms with van der Waals surface area (Å²) >= 11 is 0. The van der Waals surface area contributed by atoms with Gasteiger partial charge in [0.2, 0.25) is 11.7 Å². The Labute approximate surface area is 113 Å². The van der Waals surface area contributed by atoms with E-state index in [1.54, 1.807) is 0 Å². The van der Waals surface area contributed by atoms with Gasteiger partial charge in [-0.25, -0.2) is 0 Å². The van der Waals surface area contributed by atoms with Crippen molar-refractivity contribution in [1.82, 2.24) is 15.1 Å². The van der Waals surface area contributed by atoms with Crippen LogP contribution in [0.15, 0.2) is 16.7 Å². The number of hydrogen-bond donors (Lipinski definition) is 1. The van der Waals surface area contributed by atoms with Crippen molar-refractivity contribution in [3.8, 4) is 11.4 Å². The molecule has 0 fully saturated rings. The van der Waals surface area contributed by atoms with E-state index in [4.69, 9.17) is 10.3 Å². The molecule has 1 atom stereocenters. The number of aromatic nitrogens is 3. The monoisotopic (exact) mass is 260 g/mol. The van der Waals surface area contributed by atoms with Gasteiger partial charge in [0.15, 0.2) is 0 Å². The molecule has 0 saturated carbocycles. The van der Waals surface area contributed by atoms with E-state index in [1.807, 2.05) is 26.0 Å². The van der Waals surface area contributed by atoms with E-state index < -0.39 is 0 Å². The van der Waals surface area contributed by atoms with Crippen LogP contribution in [0.3, 0.4) is 0 Å². The molecule has 0 bridgehead atoms. The molecule has 2 heterocycles. The lowest BCUT2D eigenvalue weighted by molar-refractivity contribution is 0.347. The second kappa shape index (κ2) is 5.93. The number of hydrogen-bond acceptors (Lipinski definition) is 5. The fourth-order valence-corrected chi connectivity index (χ4v) is 2.17. The van der Waals surface area contributed by atoms with Crippen molar-refractivity contribution in [3.05, 3.63) is 29.4 Å². The second-order valence-electron chi connectivity index (χ2n) is 4.82. The molecule has 102 valence electrons. The third-order valence-electron chi connectivity index (χ3n) is 3.05. The predicted molar refractivity (Wildman–Crippen MR) is 73.7 cm³/mol. The van der Waals surface area contributed by atoms with Gasteiger partial charge in [0.05, 0.1) is 5.92 Å². The minimum atomic E-state index is 0.148. The fourth-order valence-electron chi connectivity index (χ4n) is 2.17. The molecular weight excluding hydrogens is 240 g/mol. The highest BCUT2D eigenvalue weighted by Crippen LogP contribution is 2.23. The summed E-state index contributed by atoms with van der Waals surface area (Å²) in [6.45, 7) is 6.56. The Bertz CT molecular complexity index is 530. The fraction of sp³-hybridized carbons (Fsp3) is 0.500. The van der Waals surface area contributed by atoms with Gasteiger partial charge >= 0.3 is 0 Å². The van der Waals surface area contributed by atoms with Gasteiger partial charge < -0.3 is 10.3 Å². The molecule has 2 N–H and O–H groups in total. The number of nitrogens with two attached hydrogens (primary N) is 1. The Kier molecular flexibility index (Phi) is 4.27. The van der Waals surface area contributed by atoms with Crippen LogP contribution in [0.4, 0.5) is 0 Å². The van der Waals surface area contributed by atoms with Gasteiger partial charge in [-0.1, -0.05) is 18.5 Å². The smallest absolute Gasteiger partial charge is 0.231 e. The van der Waals surface area contributed by atoms with E-state index in [1.165, 1.54) is 0 Å². The largest absolute Gasteiger partial charge is 0.339 e. The van der Waals surface area contributed by atoms with Gasteiger partial charge in [0, 0.05) is 23.5 Å². The van der Waals surface area contributed by atoms with Crippen LogP contribution in [0, 0.1) is 13.8 Å². The third kappa shape index (κ3) is 3.17. The summed E-state index contributed by atoms with van der Waals surface area (Å²) in [6.07, 6.45) is 2.01. The van der Waals surface area contributed by atoms with E-state index in [-0.39, 0.29) is 5.92 Å². The van der Waals surface area contributed by atoms with Crippen molar-refractivity contribution in [2.24, 2.45) is 5.73 Å². The van der Waals surface area contributed by atoms with Crippen LogP contribution in [0.5, 0.6) is 0 Å². The Morgan fingerprint density at radius 3 is 2.47 bits per heavy atom. The molecule has 0 saturated heterocycles. The van der Waals surface area contributed by atoms with Crippen LogP contribution >= 0.6 is 0 Å². The maximum atomic E-state index is 5.75. The SMILES string of the molecule is CCCC(CN)c1nc(-c2cc(C)nc(C)c2)no1. The number of nitrogens with zero attached hydrogens (tertiary/aromatic N) is 3. The molecule has 1 unspecified atom stereocenters. The molecule has 0 aromatic carbocycles. The van der Waals surface area contributed by atoms with E-state index in [0.29, 0.717) is 18.3 Å². The molecule has 0 amide bonds. The standard InChI is InChI=1S/C14H20N4O/c1-4-5-11(8-15)14-17-13(18-19-14)12-6-9(2)16-10(3)7-12/h6-7,11H,4-5,8,15H2,1-3H3. The molecule has 0 aliphatic rings. The number of aryl methyl sites for hydroxylation is 2. The molecule has 0 spiro atoms. The average molecular weight is 260 g/mol. The van der Waals surface area contributed by atoms with E-state index in [2.05, 4.69) is 22.0 Å². The molecule has 0 aliphatic carbocycles. The van der Waals surface area contributed by atoms with Crippen LogP contribution in [-0.4, -0.2) is 21.7 Å². The summed E-state index contributed by atoms with van der Waals surface area (Å²) < 4.78 is 5.34. The number of pyridine rings is 1. The molecule has 19 heavy (non-hydrogen) atoms. The molecule has 5 nitrogen and oxygen atoms in total. The Morgan fingerprint density at radius 1 is 1.21 bits per heavy atom. The van der Waals surface area contributed by atoms with E-state index in [0.717, 1.165) is 29.8 Å². The zero-order valence-electron chi connectivity index (χ0n) is 11.7. The summed E-state index contributed by atoms with van der Waals surface area (Å²) in [7, 11) is 0. The molecule has 5 heteroatoms. The van der Waals surface area contributed by atoms with Gasteiger partial charge in [-0.05, 0) is 32.4 Å². The van der Waals surface area contributed by atoms with E-state index >= 15 is 0 Å². The average Bonchev–Trinajstić information content (AvgIpc) is 2.84. The lowest BCUT2D eigenvalue weighted by Gasteiger charge is -2.06. The van der Waals surface area contributed by atoms with E-state index in [9.17, 15) is 0 Å². The van der Waals surface area contributed by atoms with Crippen LogP contribution in [0.2, 0.25) is 0 Å². The van der Waals surface area contributed by atoms with Crippen LogP contribution in [-0.2, 0) is 0 Å². The third-order valence-corrected chi connectivity index (χ3v) is 3.05. The van der Waals surface area contributed by atoms with Crippen LogP contribution in [0.1, 0.15) is 43.0 Å². The summed E-state index contributed by atoms with van der Waals surface area (Å²) in [5.74, 6) is 1.39. The zero-order valence-corrected chi connectivity index (χ0v) is 11.7. The lowest BCUT2D eigenvalue weighted by Crippen LogP contribution is -2.12. The van der Waals surface area contributed by atoms with Gasteiger partial charge in [0.25, 0.3) is 0 Å². The van der Waals surface area contributed by atoms with Gasteiger partial charge in [-0.2, -0.15) is 4.98 Å². The first kappa shape index (κ1) is 13.7.